The van der Waals surface area contributed by atoms with E-state index >= 15 is 0 Å². The van der Waals surface area contributed by atoms with Gasteiger partial charge in [0.2, 0.25) is 0 Å². The minimum Gasteiger partial charge on any atom is -0.355 e. The summed E-state index contributed by atoms with van der Waals surface area (Å²) in [6, 6.07) is 11.6. The van der Waals surface area contributed by atoms with Crippen molar-refractivity contribution >= 4 is 5.82 Å². The first kappa shape index (κ1) is 12.8. The smallest absolute Gasteiger partial charge is 0.347 e. The highest BCUT2D eigenvalue weighted by Gasteiger charge is 2.06. The average Bonchev–Trinajstić information content (AvgIpc) is 2.40. The van der Waals surface area contributed by atoms with Gasteiger partial charge in [0.15, 0.2) is 0 Å². The molecule has 0 fully saturated rings. The summed E-state index contributed by atoms with van der Waals surface area (Å²) in [7, 11) is 1.84. The first-order valence-electron chi connectivity index (χ1n) is 5.86. The van der Waals surface area contributed by atoms with E-state index < -0.39 is 5.69 Å². The van der Waals surface area contributed by atoms with Gasteiger partial charge in [-0.3, -0.25) is 4.98 Å². The molecule has 1 aromatic carbocycles. The van der Waals surface area contributed by atoms with Crippen LogP contribution < -0.4 is 10.6 Å². The fourth-order valence-corrected chi connectivity index (χ4v) is 1.75. The van der Waals surface area contributed by atoms with E-state index in [1.54, 1.807) is 6.07 Å². The van der Waals surface area contributed by atoms with E-state index in [0.29, 0.717) is 12.4 Å². The number of rotatable bonds is 3. The Morgan fingerprint density at radius 3 is 2.68 bits per heavy atom. The van der Waals surface area contributed by atoms with Crippen molar-refractivity contribution in [1.29, 1.82) is 5.26 Å². The van der Waals surface area contributed by atoms with Gasteiger partial charge in [-0.1, -0.05) is 29.8 Å². The predicted octanol–water partition coefficient (Wildman–Crippen LogP) is 1.59. The molecule has 0 bridgehead atoms. The van der Waals surface area contributed by atoms with Crippen molar-refractivity contribution in [3.63, 3.8) is 0 Å². The van der Waals surface area contributed by atoms with Gasteiger partial charge in [-0.05, 0) is 12.5 Å². The number of hydrogen-bond acceptors (Lipinski definition) is 4. The SMILES string of the molecule is Cc1ccc(CN(C)c2cc(C#N)[nH]c(=O)n2)cc1. The van der Waals surface area contributed by atoms with Crippen LogP contribution in [0.3, 0.4) is 0 Å². The molecule has 0 radical (unpaired) electrons. The maximum atomic E-state index is 11.3. The average molecular weight is 254 g/mol. The molecule has 96 valence electrons. The predicted molar refractivity (Wildman–Crippen MR) is 72.9 cm³/mol. The molecule has 0 amide bonds. The fourth-order valence-electron chi connectivity index (χ4n) is 1.75. The van der Waals surface area contributed by atoms with Crippen molar-refractivity contribution in [2.24, 2.45) is 0 Å². The van der Waals surface area contributed by atoms with E-state index in [4.69, 9.17) is 5.26 Å². The summed E-state index contributed by atoms with van der Waals surface area (Å²) >= 11 is 0. The Balaban J connectivity index is 2.22. The van der Waals surface area contributed by atoms with Crippen LogP contribution in [-0.4, -0.2) is 17.0 Å². The summed E-state index contributed by atoms with van der Waals surface area (Å²) in [4.78, 5) is 19.4. The Hall–Kier alpha value is -2.61. The summed E-state index contributed by atoms with van der Waals surface area (Å²) in [5.41, 5.74) is 2.02. The second-order valence-corrected chi connectivity index (χ2v) is 4.41. The highest BCUT2D eigenvalue weighted by molar-refractivity contribution is 5.42. The van der Waals surface area contributed by atoms with Crippen LogP contribution in [0.1, 0.15) is 16.8 Å². The summed E-state index contributed by atoms with van der Waals surface area (Å²) < 4.78 is 0. The van der Waals surface area contributed by atoms with E-state index in [-0.39, 0.29) is 5.69 Å². The van der Waals surface area contributed by atoms with Crippen molar-refractivity contribution in [1.82, 2.24) is 9.97 Å². The highest BCUT2D eigenvalue weighted by atomic mass is 16.1. The van der Waals surface area contributed by atoms with Crippen LogP contribution >= 0.6 is 0 Å². The highest BCUT2D eigenvalue weighted by Crippen LogP contribution is 2.12. The quantitative estimate of drug-likeness (QED) is 0.902. The van der Waals surface area contributed by atoms with E-state index in [1.807, 2.05) is 49.2 Å². The molecule has 0 atom stereocenters. The number of hydrogen-bond donors (Lipinski definition) is 1. The van der Waals surface area contributed by atoms with Crippen LogP contribution in [0.5, 0.6) is 0 Å². The lowest BCUT2D eigenvalue weighted by Gasteiger charge is -2.17. The van der Waals surface area contributed by atoms with Gasteiger partial charge < -0.3 is 4.90 Å². The Morgan fingerprint density at radius 2 is 2.05 bits per heavy atom. The van der Waals surface area contributed by atoms with E-state index in [9.17, 15) is 4.79 Å². The van der Waals surface area contributed by atoms with Crippen LogP contribution in [0.25, 0.3) is 0 Å². The van der Waals surface area contributed by atoms with Crippen molar-refractivity contribution < 1.29 is 0 Å². The van der Waals surface area contributed by atoms with Crippen LogP contribution in [0.15, 0.2) is 35.1 Å². The van der Waals surface area contributed by atoms with E-state index in [1.165, 1.54) is 5.56 Å². The molecule has 0 spiro atoms. The minimum atomic E-state index is -0.509. The molecule has 19 heavy (non-hydrogen) atoms. The lowest BCUT2D eigenvalue weighted by molar-refractivity contribution is 0.877. The lowest BCUT2D eigenvalue weighted by Crippen LogP contribution is -2.22. The summed E-state index contributed by atoms with van der Waals surface area (Å²) in [6.45, 7) is 2.66. The number of nitriles is 1. The van der Waals surface area contributed by atoms with Gasteiger partial charge in [-0.15, -0.1) is 0 Å². The first-order valence-corrected chi connectivity index (χ1v) is 5.86. The number of aromatic nitrogens is 2. The summed E-state index contributed by atoms with van der Waals surface area (Å²) in [6.07, 6.45) is 0. The number of nitrogens with one attached hydrogen (secondary N) is 1. The zero-order valence-corrected chi connectivity index (χ0v) is 10.8. The van der Waals surface area contributed by atoms with Gasteiger partial charge in [-0.25, -0.2) is 4.79 Å². The van der Waals surface area contributed by atoms with E-state index in [0.717, 1.165) is 5.56 Å². The molecule has 5 heteroatoms. The zero-order chi connectivity index (χ0) is 13.8. The molecule has 2 aromatic rings. The molecule has 0 saturated carbocycles. The Bertz CT molecular complexity index is 667. The number of aryl methyl sites for hydroxylation is 1. The molecule has 0 aliphatic carbocycles. The Morgan fingerprint density at radius 1 is 1.37 bits per heavy atom. The van der Waals surface area contributed by atoms with Gasteiger partial charge in [-0.2, -0.15) is 10.2 Å². The number of benzene rings is 1. The molecule has 0 aliphatic rings. The van der Waals surface area contributed by atoms with Crippen molar-refractivity contribution in [3.05, 3.63) is 57.6 Å². The first-order chi connectivity index (χ1) is 9.08. The molecular weight excluding hydrogens is 240 g/mol. The lowest BCUT2D eigenvalue weighted by atomic mass is 10.1. The third kappa shape index (κ3) is 3.19. The minimum absolute atomic E-state index is 0.214. The number of H-pyrrole nitrogens is 1. The summed E-state index contributed by atoms with van der Waals surface area (Å²) in [5, 5.41) is 8.82. The Kier molecular flexibility index (Phi) is 3.62. The molecule has 0 aliphatic heterocycles. The third-order valence-electron chi connectivity index (χ3n) is 2.78. The standard InChI is InChI=1S/C14H14N4O/c1-10-3-5-11(6-4-10)9-18(2)13-7-12(8-15)16-14(19)17-13/h3-7H,9H2,1-2H3,(H,16,17,19). The molecule has 5 nitrogen and oxygen atoms in total. The van der Waals surface area contributed by atoms with Gasteiger partial charge in [0.1, 0.15) is 17.6 Å². The van der Waals surface area contributed by atoms with Crippen molar-refractivity contribution in [2.45, 2.75) is 13.5 Å². The maximum Gasteiger partial charge on any atom is 0.347 e. The number of anilines is 1. The Labute approximate surface area is 111 Å². The van der Waals surface area contributed by atoms with Crippen molar-refractivity contribution in [2.75, 3.05) is 11.9 Å². The number of aromatic amines is 1. The van der Waals surface area contributed by atoms with Crippen molar-refractivity contribution in [3.8, 4) is 6.07 Å². The fraction of sp³-hybridized carbons (Fsp3) is 0.214. The molecule has 0 unspecified atom stereocenters. The topological polar surface area (TPSA) is 72.8 Å². The molecule has 2 rings (SSSR count). The van der Waals surface area contributed by atoms with Gasteiger partial charge >= 0.3 is 5.69 Å². The molecule has 1 aromatic heterocycles. The monoisotopic (exact) mass is 254 g/mol. The van der Waals surface area contributed by atoms with Gasteiger partial charge in [0, 0.05) is 19.7 Å². The maximum absolute atomic E-state index is 11.3. The molecule has 0 saturated heterocycles. The molecular formula is C14H14N4O. The van der Waals surface area contributed by atoms with Gasteiger partial charge in [0.05, 0.1) is 0 Å². The largest absolute Gasteiger partial charge is 0.355 e. The zero-order valence-electron chi connectivity index (χ0n) is 10.8. The van der Waals surface area contributed by atoms with Gasteiger partial charge in [0.25, 0.3) is 0 Å². The second kappa shape index (κ2) is 5.36. The second-order valence-electron chi connectivity index (χ2n) is 4.41. The summed E-state index contributed by atoms with van der Waals surface area (Å²) in [5.74, 6) is 0.487. The molecule has 1 N–H and O–H groups in total. The van der Waals surface area contributed by atoms with Crippen LogP contribution in [0.2, 0.25) is 0 Å². The van der Waals surface area contributed by atoms with Crippen LogP contribution in [-0.2, 0) is 6.54 Å². The van der Waals surface area contributed by atoms with E-state index in [2.05, 4.69) is 9.97 Å². The third-order valence-corrected chi connectivity index (χ3v) is 2.78. The number of nitrogens with zero attached hydrogens (tertiary/aromatic N) is 3. The molecule has 1 heterocycles. The van der Waals surface area contributed by atoms with Crippen LogP contribution in [0, 0.1) is 18.3 Å². The normalized spacial score (nSPS) is 9.95. The van der Waals surface area contributed by atoms with Crippen LogP contribution in [0.4, 0.5) is 5.82 Å².